The van der Waals surface area contributed by atoms with Crippen LogP contribution in [0.15, 0.2) is 36.5 Å². The zero-order valence-corrected chi connectivity index (χ0v) is 16.5. The molecule has 148 valence electrons. The van der Waals surface area contributed by atoms with Crippen LogP contribution in [0.25, 0.3) is 0 Å². The van der Waals surface area contributed by atoms with Gasteiger partial charge in [-0.05, 0) is 48.2 Å². The van der Waals surface area contributed by atoms with Crippen LogP contribution < -0.4 is 19.7 Å². The molecule has 1 N–H and O–H groups in total. The maximum Gasteiger partial charge on any atom is 0.231 e. The number of pyridine rings is 1. The molecule has 2 heterocycles. The number of ether oxygens (including phenoxy) is 2. The van der Waals surface area contributed by atoms with Crippen molar-refractivity contribution in [3.63, 3.8) is 0 Å². The molecule has 0 bridgehead atoms. The van der Waals surface area contributed by atoms with E-state index < -0.39 is 5.41 Å². The summed E-state index contributed by atoms with van der Waals surface area (Å²) in [6, 6.07) is 9.89. The lowest BCUT2D eigenvalue weighted by molar-refractivity contribution is -0.128. The number of carbonyl (C=O) groups excluding carboxylic acids is 1. The summed E-state index contributed by atoms with van der Waals surface area (Å²) >= 11 is 0. The number of carbonyl (C=O) groups is 1. The lowest BCUT2D eigenvalue weighted by Crippen LogP contribution is -2.45. The van der Waals surface area contributed by atoms with E-state index in [-0.39, 0.29) is 12.7 Å². The van der Waals surface area contributed by atoms with Crippen molar-refractivity contribution in [2.24, 2.45) is 0 Å². The second kappa shape index (κ2) is 7.70. The molecule has 0 unspecified atom stereocenters. The average molecular weight is 381 g/mol. The van der Waals surface area contributed by atoms with E-state index >= 15 is 0 Å². The fourth-order valence-corrected chi connectivity index (χ4v) is 4.16. The average Bonchev–Trinajstić information content (AvgIpc) is 3.20. The van der Waals surface area contributed by atoms with Gasteiger partial charge in [0.2, 0.25) is 12.7 Å². The maximum atomic E-state index is 13.4. The monoisotopic (exact) mass is 381 g/mol. The fourth-order valence-electron chi connectivity index (χ4n) is 4.16. The van der Waals surface area contributed by atoms with Gasteiger partial charge in [0.05, 0.1) is 5.41 Å². The minimum absolute atomic E-state index is 0.0919. The molecule has 0 atom stereocenters. The molecule has 4 rings (SSSR count). The third-order valence-electron chi connectivity index (χ3n) is 5.79. The van der Waals surface area contributed by atoms with E-state index in [9.17, 15) is 4.79 Å². The molecule has 1 aromatic carbocycles. The Labute approximate surface area is 165 Å². The summed E-state index contributed by atoms with van der Waals surface area (Å²) in [5.41, 5.74) is 1.57. The summed E-state index contributed by atoms with van der Waals surface area (Å²) in [6.07, 6.45) is 6.79. The predicted molar refractivity (Wildman–Crippen MR) is 108 cm³/mol. The van der Waals surface area contributed by atoms with Gasteiger partial charge in [0.25, 0.3) is 0 Å². The highest BCUT2D eigenvalue weighted by Gasteiger charge is 2.41. The molecular formula is C22H27N3O3. The molecule has 0 radical (unpaired) electrons. The van der Waals surface area contributed by atoms with Crippen molar-refractivity contribution < 1.29 is 14.3 Å². The fraction of sp³-hybridized carbons (Fsp3) is 0.455. The minimum Gasteiger partial charge on any atom is -0.454 e. The number of nitrogens with one attached hydrogen (secondary N) is 1. The molecule has 2 aromatic rings. The minimum atomic E-state index is -0.503. The van der Waals surface area contributed by atoms with E-state index in [4.69, 9.17) is 9.47 Å². The summed E-state index contributed by atoms with van der Waals surface area (Å²) in [5, 5.41) is 3.18. The third kappa shape index (κ3) is 3.51. The number of nitrogens with zero attached hydrogens (tertiary/aromatic N) is 2. The Hall–Kier alpha value is -2.76. The Morgan fingerprint density at radius 3 is 2.68 bits per heavy atom. The van der Waals surface area contributed by atoms with Gasteiger partial charge in [0.15, 0.2) is 11.5 Å². The van der Waals surface area contributed by atoms with Crippen LogP contribution in [-0.2, 0) is 16.8 Å². The molecular weight excluding hydrogens is 354 g/mol. The summed E-state index contributed by atoms with van der Waals surface area (Å²) in [4.78, 5) is 19.7. The second-order valence-corrected chi connectivity index (χ2v) is 7.81. The summed E-state index contributed by atoms with van der Waals surface area (Å²) in [5.74, 6) is 2.47. The quantitative estimate of drug-likeness (QED) is 0.860. The van der Waals surface area contributed by atoms with Crippen molar-refractivity contribution in [1.29, 1.82) is 0 Å². The van der Waals surface area contributed by atoms with Crippen molar-refractivity contribution in [3.8, 4) is 11.5 Å². The number of benzene rings is 1. The van der Waals surface area contributed by atoms with Gasteiger partial charge in [0, 0.05) is 26.8 Å². The van der Waals surface area contributed by atoms with Gasteiger partial charge in [-0.15, -0.1) is 0 Å². The molecule has 1 amide bonds. The lowest BCUT2D eigenvalue weighted by atomic mass is 9.68. The van der Waals surface area contributed by atoms with Gasteiger partial charge < -0.3 is 19.7 Å². The Kier molecular flexibility index (Phi) is 5.11. The van der Waals surface area contributed by atoms with E-state index in [1.807, 2.05) is 49.3 Å². The Morgan fingerprint density at radius 1 is 1.11 bits per heavy atom. The first-order chi connectivity index (χ1) is 13.6. The van der Waals surface area contributed by atoms with Crippen molar-refractivity contribution in [2.45, 2.75) is 44.1 Å². The van der Waals surface area contributed by atoms with Gasteiger partial charge in [-0.3, -0.25) is 4.79 Å². The first-order valence-corrected chi connectivity index (χ1v) is 9.89. The van der Waals surface area contributed by atoms with E-state index in [1.54, 1.807) is 6.20 Å². The number of anilines is 1. The Bertz CT molecular complexity index is 860. The predicted octanol–water partition coefficient (Wildman–Crippen LogP) is 3.39. The number of hydrogen-bond donors (Lipinski definition) is 1. The van der Waals surface area contributed by atoms with Crippen LogP contribution in [0.2, 0.25) is 0 Å². The zero-order valence-electron chi connectivity index (χ0n) is 16.5. The van der Waals surface area contributed by atoms with Gasteiger partial charge in [-0.25, -0.2) is 4.98 Å². The number of amides is 1. The van der Waals surface area contributed by atoms with E-state index in [2.05, 4.69) is 10.3 Å². The lowest BCUT2D eigenvalue weighted by Gasteiger charge is -2.36. The molecule has 1 aromatic heterocycles. The van der Waals surface area contributed by atoms with E-state index in [1.165, 1.54) is 6.42 Å². The molecule has 1 fully saturated rings. The summed E-state index contributed by atoms with van der Waals surface area (Å²) in [7, 11) is 3.92. The van der Waals surface area contributed by atoms with Crippen molar-refractivity contribution in [1.82, 2.24) is 10.3 Å². The highest BCUT2D eigenvalue weighted by molar-refractivity contribution is 5.88. The van der Waals surface area contributed by atoms with Crippen LogP contribution in [-0.4, -0.2) is 31.8 Å². The summed E-state index contributed by atoms with van der Waals surface area (Å²) in [6.45, 7) is 0.739. The number of aromatic nitrogens is 1. The van der Waals surface area contributed by atoms with Gasteiger partial charge in [-0.1, -0.05) is 25.3 Å². The summed E-state index contributed by atoms with van der Waals surface area (Å²) < 4.78 is 11.0. The zero-order chi connectivity index (χ0) is 19.6. The molecule has 0 spiro atoms. The van der Waals surface area contributed by atoms with Gasteiger partial charge in [0.1, 0.15) is 5.82 Å². The highest BCUT2D eigenvalue weighted by Crippen LogP contribution is 2.43. The first-order valence-electron chi connectivity index (χ1n) is 9.89. The normalized spacial score (nSPS) is 17.2. The maximum absolute atomic E-state index is 13.4. The third-order valence-corrected chi connectivity index (χ3v) is 5.79. The van der Waals surface area contributed by atoms with Crippen LogP contribution in [0, 0.1) is 0 Å². The van der Waals surface area contributed by atoms with E-state index in [0.717, 1.165) is 54.1 Å². The second-order valence-electron chi connectivity index (χ2n) is 7.81. The van der Waals surface area contributed by atoms with Crippen molar-refractivity contribution in [3.05, 3.63) is 47.7 Å². The Morgan fingerprint density at radius 2 is 1.89 bits per heavy atom. The molecule has 28 heavy (non-hydrogen) atoms. The van der Waals surface area contributed by atoms with Crippen LogP contribution >= 0.6 is 0 Å². The number of fused-ring (bicyclic) bond motifs is 1. The van der Waals surface area contributed by atoms with Gasteiger partial charge in [-0.2, -0.15) is 0 Å². The van der Waals surface area contributed by atoms with E-state index in [0.29, 0.717) is 6.54 Å². The largest absolute Gasteiger partial charge is 0.454 e. The topological polar surface area (TPSA) is 63.7 Å². The van der Waals surface area contributed by atoms with Crippen LogP contribution in [0.3, 0.4) is 0 Å². The number of rotatable bonds is 5. The van der Waals surface area contributed by atoms with Crippen LogP contribution in [0.5, 0.6) is 11.5 Å². The van der Waals surface area contributed by atoms with Crippen molar-refractivity contribution in [2.75, 3.05) is 25.8 Å². The van der Waals surface area contributed by atoms with Crippen molar-refractivity contribution >= 4 is 11.7 Å². The highest BCUT2D eigenvalue weighted by atomic mass is 16.7. The van der Waals surface area contributed by atoms with Gasteiger partial charge >= 0.3 is 0 Å². The molecule has 0 saturated heterocycles. The molecule has 6 nitrogen and oxygen atoms in total. The first kappa shape index (κ1) is 18.6. The molecule has 1 saturated carbocycles. The van der Waals surface area contributed by atoms with Crippen LogP contribution in [0.1, 0.15) is 43.2 Å². The molecule has 1 aliphatic heterocycles. The smallest absolute Gasteiger partial charge is 0.231 e. The van der Waals surface area contributed by atoms with Crippen LogP contribution in [0.4, 0.5) is 5.82 Å². The number of hydrogen-bond acceptors (Lipinski definition) is 5. The standard InChI is InChI=1S/C22H27N3O3/c1-25(2)20-12-16(8-11-23-20)14-24-21(26)22(9-4-3-5-10-22)17-6-7-18-19(13-17)28-15-27-18/h6-8,11-13H,3-5,9-10,14-15H2,1-2H3,(H,24,26). The Balaban J connectivity index is 1.56. The molecule has 2 aliphatic rings. The molecule has 1 aliphatic carbocycles. The SMILES string of the molecule is CN(C)c1cc(CNC(=O)C2(c3ccc4c(c3)OCO4)CCCCC2)ccn1. The molecule has 6 heteroatoms.